The summed E-state index contributed by atoms with van der Waals surface area (Å²) in [4.78, 5) is 13.5. The van der Waals surface area contributed by atoms with Crippen LogP contribution in [0.15, 0.2) is 24.3 Å². The van der Waals surface area contributed by atoms with Gasteiger partial charge in [-0.2, -0.15) is 0 Å². The van der Waals surface area contributed by atoms with E-state index in [9.17, 15) is 13.6 Å². The highest BCUT2D eigenvalue weighted by molar-refractivity contribution is 6.33. The molecule has 1 aromatic carbocycles. The lowest BCUT2D eigenvalue weighted by Gasteiger charge is -2.34. The maximum absolute atomic E-state index is 13.2. The van der Waals surface area contributed by atoms with Crippen molar-refractivity contribution >= 4 is 23.4 Å². The second-order valence-electron chi connectivity index (χ2n) is 5.44. The highest BCUT2D eigenvalue weighted by Crippen LogP contribution is 2.44. The number of benzene rings is 1. The molecule has 0 radical (unpaired) electrons. The van der Waals surface area contributed by atoms with Crippen molar-refractivity contribution in [2.24, 2.45) is 0 Å². The van der Waals surface area contributed by atoms with Crippen molar-refractivity contribution in [3.05, 3.63) is 29.3 Å². The SMILES string of the molecule is O=C1OC2(CCC(F)(F)CC2)CN1c1ccccc1Cl. The van der Waals surface area contributed by atoms with Crippen LogP contribution in [0.4, 0.5) is 19.3 Å². The molecule has 2 aliphatic rings. The molecule has 1 aliphatic carbocycles. The summed E-state index contributed by atoms with van der Waals surface area (Å²) >= 11 is 6.07. The Morgan fingerprint density at radius 1 is 1.15 bits per heavy atom. The quantitative estimate of drug-likeness (QED) is 0.776. The predicted molar refractivity (Wildman–Crippen MR) is 71.4 cm³/mol. The number of anilines is 1. The molecule has 3 nitrogen and oxygen atoms in total. The molecule has 3 rings (SSSR count). The second-order valence-corrected chi connectivity index (χ2v) is 5.85. The fourth-order valence-corrected chi connectivity index (χ4v) is 3.05. The lowest BCUT2D eigenvalue weighted by Crippen LogP contribution is -2.42. The lowest BCUT2D eigenvalue weighted by atomic mass is 9.82. The van der Waals surface area contributed by atoms with Crippen LogP contribution in [0.1, 0.15) is 25.7 Å². The number of para-hydroxylation sites is 1. The van der Waals surface area contributed by atoms with E-state index in [2.05, 4.69) is 0 Å². The Bertz CT molecular complexity index is 540. The zero-order valence-corrected chi connectivity index (χ0v) is 11.5. The Labute approximate surface area is 120 Å². The van der Waals surface area contributed by atoms with Gasteiger partial charge in [0, 0.05) is 12.8 Å². The molecule has 1 amide bonds. The molecule has 1 heterocycles. The normalized spacial score (nSPS) is 23.9. The highest BCUT2D eigenvalue weighted by Gasteiger charge is 2.51. The number of carbonyl (C=O) groups excluding carboxylic acids is 1. The predicted octanol–water partition coefficient (Wildman–Crippen LogP) is 4.24. The molecule has 2 fully saturated rings. The topological polar surface area (TPSA) is 29.5 Å². The molecule has 108 valence electrons. The van der Waals surface area contributed by atoms with Crippen molar-refractivity contribution in [2.75, 3.05) is 11.4 Å². The summed E-state index contributed by atoms with van der Waals surface area (Å²) < 4.78 is 31.9. The molecule has 20 heavy (non-hydrogen) atoms. The lowest BCUT2D eigenvalue weighted by molar-refractivity contribution is -0.0905. The minimum Gasteiger partial charge on any atom is -0.441 e. The van der Waals surface area contributed by atoms with E-state index in [1.54, 1.807) is 24.3 Å². The zero-order chi connectivity index (χ0) is 14.4. The fourth-order valence-electron chi connectivity index (χ4n) is 2.81. The summed E-state index contributed by atoms with van der Waals surface area (Å²) in [7, 11) is 0. The van der Waals surface area contributed by atoms with Gasteiger partial charge >= 0.3 is 6.09 Å². The average molecular weight is 302 g/mol. The third-order valence-corrected chi connectivity index (χ3v) is 4.33. The number of rotatable bonds is 1. The van der Waals surface area contributed by atoms with Crippen molar-refractivity contribution < 1.29 is 18.3 Å². The summed E-state index contributed by atoms with van der Waals surface area (Å²) in [6.07, 6.45) is -0.615. The van der Waals surface area contributed by atoms with Gasteiger partial charge < -0.3 is 4.74 Å². The third-order valence-electron chi connectivity index (χ3n) is 4.01. The summed E-state index contributed by atoms with van der Waals surface area (Å²) in [6.45, 7) is 0.283. The summed E-state index contributed by atoms with van der Waals surface area (Å²) in [5.41, 5.74) is -0.230. The van der Waals surface area contributed by atoms with Crippen molar-refractivity contribution in [3.63, 3.8) is 0 Å². The Hall–Kier alpha value is -1.36. The number of carbonyl (C=O) groups is 1. The number of amides is 1. The van der Waals surface area contributed by atoms with Crippen LogP contribution in [0.2, 0.25) is 5.02 Å². The van der Waals surface area contributed by atoms with Crippen LogP contribution >= 0.6 is 11.6 Å². The van der Waals surface area contributed by atoms with Crippen LogP contribution in [0.3, 0.4) is 0 Å². The molecule has 1 saturated carbocycles. The molecular weight excluding hydrogens is 288 g/mol. The number of hydrogen-bond donors (Lipinski definition) is 0. The van der Waals surface area contributed by atoms with E-state index in [0.717, 1.165) is 0 Å². The van der Waals surface area contributed by atoms with Gasteiger partial charge in [-0.15, -0.1) is 0 Å². The van der Waals surface area contributed by atoms with Crippen molar-refractivity contribution in [2.45, 2.75) is 37.2 Å². The van der Waals surface area contributed by atoms with Gasteiger partial charge in [0.2, 0.25) is 5.92 Å². The fraction of sp³-hybridized carbons (Fsp3) is 0.500. The first kappa shape index (κ1) is 13.6. The van der Waals surface area contributed by atoms with Gasteiger partial charge in [0.1, 0.15) is 5.60 Å². The monoisotopic (exact) mass is 301 g/mol. The van der Waals surface area contributed by atoms with Gasteiger partial charge in [-0.05, 0) is 25.0 Å². The smallest absolute Gasteiger partial charge is 0.415 e. The van der Waals surface area contributed by atoms with Crippen molar-refractivity contribution in [3.8, 4) is 0 Å². The first-order valence-electron chi connectivity index (χ1n) is 6.54. The van der Waals surface area contributed by atoms with Gasteiger partial charge in [0.05, 0.1) is 17.3 Å². The van der Waals surface area contributed by atoms with Gasteiger partial charge in [-0.3, -0.25) is 4.90 Å². The van der Waals surface area contributed by atoms with Crippen LogP contribution in [0.5, 0.6) is 0 Å². The van der Waals surface area contributed by atoms with Gasteiger partial charge in [-0.25, -0.2) is 13.6 Å². The molecule has 0 N–H and O–H groups in total. The Morgan fingerprint density at radius 3 is 2.45 bits per heavy atom. The van der Waals surface area contributed by atoms with Crippen LogP contribution in [0, 0.1) is 0 Å². The molecule has 1 saturated heterocycles. The van der Waals surface area contributed by atoms with Crippen LogP contribution in [-0.2, 0) is 4.74 Å². The molecule has 0 aromatic heterocycles. The second kappa shape index (κ2) is 4.58. The van der Waals surface area contributed by atoms with Gasteiger partial charge in [0.15, 0.2) is 0 Å². The molecular formula is C14H14ClF2NO2. The molecule has 1 spiro atoms. The van der Waals surface area contributed by atoms with E-state index in [0.29, 0.717) is 10.7 Å². The van der Waals surface area contributed by atoms with Crippen LogP contribution in [0.25, 0.3) is 0 Å². The number of nitrogens with zero attached hydrogens (tertiary/aromatic N) is 1. The van der Waals surface area contributed by atoms with E-state index in [1.165, 1.54) is 4.90 Å². The van der Waals surface area contributed by atoms with Gasteiger partial charge in [0.25, 0.3) is 0 Å². The first-order valence-corrected chi connectivity index (χ1v) is 6.92. The minimum atomic E-state index is -2.64. The third kappa shape index (κ3) is 2.35. The Balaban J connectivity index is 1.81. The highest BCUT2D eigenvalue weighted by atomic mass is 35.5. The number of halogens is 3. The number of alkyl halides is 2. The molecule has 6 heteroatoms. The molecule has 0 bridgehead atoms. The summed E-state index contributed by atoms with van der Waals surface area (Å²) in [5, 5.41) is 0.447. The largest absolute Gasteiger partial charge is 0.441 e. The summed E-state index contributed by atoms with van der Waals surface area (Å²) in [6, 6.07) is 6.95. The Morgan fingerprint density at radius 2 is 1.80 bits per heavy atom. The van der Waals surface area contributed by atoms with Crippen LogP contribution < -0.4 is 4.90 Å². The van der Waals surface area contributed by atoms with E-state index < -0.39 is 17.6 Å². The van der Waals surface area contributed by atoms with Gasteiger partial charge in [-0.1, -0.05) is 23.7 Å². The first-order chi connectivity index (χ1) is 9.41. The number of ether oxygens (including phenoxy) is 1. The summed E-state index contributed by atoms with van der Waals surface area (Å²) in [5.74, 6) is -2.64. The maximum Gasteiger partial charge on any atom is 0.415 e. The Kier molecular flexibility index (Phi) is 3.12. The van der Waals surface area contributed by atoms with Crippen LogP contribution in [-0.4, -0.2) is 24.2 Å². The number of hydrogen-bond acceptors (Lipinski definition) is 2. The van der Waals surface area contributed by atoms with Crippen molar-refractivity contribution in [1.29, 1.82) is 0 Å². The molecule has 0 unspecified atom stereocenters. The molecule has 1 aliphatic heterocycles. The average Bonchev–Trinajstić information content (AvgIpc) is 2.72. The van der Waals surface area contributed by atoms with E-state index in [1.807, 2.05) is 0 Å². The maximum atomic E-state index is 13.2. The standard InChI is InChI=1S/C14H14ClF2NO2/c15-10-3-1-2-4-11(10)18-9-13(20-12(18)19)5-7-14(16,17)8-6-13/h1-4H,5-9H2. The molecule has 0 atom stereocenters. The van der Waals surface area contributed by atoms with Crippen molar-refractivity contribution in [1.82, 2.24) is 0 Å². The zero-order valence-electron chi connectivity index (χ0n) is 10.7. The van der Waals surface area contributed by atoms with E-state index in [4.69, 9.17) is 16.3 Å². The minimum absolute atomic E-state index is 0.187. The van der Waals surface area contributed by atoms with E-state index in [-0.39, 0.29) is 32.2 Å². The van der Waals surface area contributed by atoms with E-state index >= 15 is 0 Å². The molecule has 1 aromatic rings.